The van der Waals surface area contributed by atoms with Crippen LogP contribution in [0.15, 0.2) is 11.3 Å². The summed E-state index contributed by atoms with van der Waals surface area (Å²) in [6.45, 7) is 9.61. The van der Waals surface area contributed by atoms with Gasteiger partial charge in [0.1, 0.15) is 17.3 Å². The van der Waals surface area contributed by atoms with E-state index in [0.29, 0.717) is 12.8 Å². The van der Waals surface area contributed by atoms with E-state index in [0.717, 1.165) is 53.3 Å². The van der Waals surface area contributed by atoms with Crippen molar-refractivity contribution in [2.45, 2.75) is 66.0 Å². The number of anilines is 1. The minimum atomic E-state index is -0.0176. The normalized spacial score (nSPS) is 25.8. The summed E-state index contributed by atoms with van der Waals surface area (Å²) in [5, 5.41) is 0. The number of nitrogens with zero attached hydrogens (tertiary/aromatic N) is 1. The molecule has 0 N–H and O–H groups in total. The van der Waals surface area contributed by atoms with Crippen molar-refractivity contribution < 1.29 is 14.3 Å². The Morgan fingerprint density at radius 2 is 1.92 bits per heavy atom. The quantitative estimate of drug-likeness (QED) is 0.710. The summed E-state index contributed by atoms with van der Waals surface area (Å²) in [7, 11) is 0. The number of ether oxygens (including phenoxy) is 2. The number of carbonyl (C=O) groups is 1. The lowest BCUT2D eigenvalue weighted by Crippen LogP contribution is -2.31. The predicted octanol–water partition coefficient (Wildman–Crippen LogP) is 4.20. The highest BCUT2D eigenvalue weighted by Gasteiger charge is 2.42. The molecule has 5 rings (SSSR count). The molecule has 4 aliphatic rings. The first-order valence-electron chi connectivity index (χ1n) is 9.38. The second-order valence-corrected chi connectivity index (χ2v) is 8.77. The average molecular weight is 339 g/mol. The molecular formula is C21H25NO3. The molecule has 1 aromatic rings. The minimum Gasteiger partial charge on any atom is -0.468 e. The molecule has 0 aromatic heterocycles. The fourth-order valence-corrected chi connectivity index (χ4v) is 4.98. The zero-order valence-electron chi connectivity index (χ0n) is 15.5. The van der Waals surface area contributed by atoms with Crippen molar-refractivity contribution in [3.8, 4) is 11.5 Å². The molecule has 1 fully saturated rings. The first-order chi connectivity index (χ1) is 11.9. The minimum absolute atomic E-state index is 0.0176. The maximum Gasteiger partial charge on any atom is 0.172 e. The Morgan fingerprint density at radius 1 is 1.12 bits per heavy atom. The molecule has 4 heteroatoms. The lowest BCUT2D eigenvalue weighted by atomic mass is 9.74. The van der Waals surface area contributed by atoms with Crippen LogP contribution in [0, 0.1) is 19.3 Å². The molecule has 0 spiro atoms. The van der Waals surface area contributed by atoms with E-state index < -0.39 is 0 Å². The zero-order chi connectivity index (χ0) is 17.5. The van der Waals surface area contributed by atoms with E-state index in [4.69, 9.17) is 9.47 Å². The number of benzene rings is 1. The highest BCUT2D eigenvalue weighted by atomic mass is 16.5. The summed E-state index contributed by atoms with van der Waals surface area (Å²) < 4.78 is 12.7. The number of allylic oxidation sites excluding steroid dienone is 2. The van der Waals surface area contributed by atoms with Crippen LogP contribution in [0.5, 0.6) is 11.5 Å². The summed E-state index contributed by atoms with van der Waals surface area (Å²) in [5.41, 5.74) is 5.54. The highest BCUT2D eigenvalue weighted by Crippen LogP contribution is 2.53. The average Bonchev–Trinajstić information content (AvgIpc) is 3.11. The summed E-state index contributed by atoms with van der Waals surface area (Å²) in [6, 6.07) is 0. The number of Topliss-reactive ketones (excluding diaryl/α,β-unsaturated/α-hetero) is 1. The van der Waals surface area contributed by atoms with Crippen molar-refractivity contribution in [1.29, 1.82) is 0 Å². The maximum atomic E-state index is 12.7. The van der Waals surface area contributed by atoms with Crippen LogP contribution in [0.4, 0.5) is 5.69 Å². The van der Waals surface area contributed by atoms with Gasteiger partial charge in [-0.1, -0.05) is 13.8 Å². The van der Waals surface area contributed by atoms with E-state index in [1.54, 1.807) is 0 Å². The Morgan fingerprint density at radius 3 is 2.72 bits per heavy atom. The Balaban J connectivity index is 1.64. The maximum absolute atomic E-state index is 12.7. The molecule has 4 nitrogen and oxygen atoms in total. The van der Waals surface area contributed by atoms with Gasteiger partial charge in [0.2, 0.25) is 0 Å². The molecule has 1 aliphatic carbocycles. The van der Waals surface area contributed by atoms with Crippen LogP contribution in [-0.2, 0) is 11.2 Å². The van der Waals surface area contributed by atoms with Crippen LogP contribution < -0.4 is 14.4 Å². The van der Waals surface area contributed by atoms with E-state index in [9.17, 15) is 4.79 Å². The summed E-state index contributed by atoms with van der Waals surface area (Å²) >= 11 is 0. The largest absolute Gasteiger partial charge is 0.468 e. The van der Waals surface area contributed by atoms with Gasteiger partial charge >= 0.3 is 0 Å². The molecule has 0 saturated carbocycles. The molecule has 0 bridgehead atoms. The van der Waals surface area contributed by atoms with Gasteiger partial charge in [-0.3, -0.25) is 4.79 Å². The van der Waals surface area contributed by atoms with Crippen LogP contribution in [0.3, 0.4) is 0 Å². The molecule has 3 heterocycles. The molecular weight excluding hydrogens is 314 g/mol. The van der Waals surface area contributed by atoms with E-state index in [-0.39, 0.29) is 17.4 Å². The van der Waals surface area contributed by atoms with Gasteiger partial charge in [0, 0.05) is 54.5 Å². The van der Waals surface area contributed by atoms with Crippen LogP contribution in [0.2, 0.25) is 0 Å². The molecule has 3 aliphatic heterocycles. The van der Waals surface area contributed by atoms with Gasteiger partial charge in [-0.2, -0.15) is 0 Å². The third kappa shape index (κ3) is 2.03. The van der Waals surface area contributed by atoms with Gasteiger partial charge in [-0.25, -0.2) is 0 Å². The highest BCUT2D eigenvalue weighted by molar-refractivity contribution is 5.98. The summed E-state index contributed by atoms with van der Waals surface area (Å²) in [4.78, 5) is 15.1. The SMILES string of the molecule is Cc1c2c(c(C)c3c1O[C@@H]1CCCN31)OC1=C(C2)C(=O)CC(C)(C)C1. The molecule has 132 valence electrons. The third-order valence-electron chi connectivity index (χ3n) is 6.25. The number of carbonyl (C=O) groups excluding carboxylic acids is 1. The first-order valence-corrected chi connectivity index (χ1v) is 9.38. The van der Waals surface area contributed by atoms with Gasteiger partial charge in [-0.15, -0.1) is 0 Å². The molecule has 1 atom stereocenters. The van der Waals surface area contributed by atoms with Gasteiger partial charge < -0.3 is 14.4 Å². The lowest BCUT2D eigenvalue weighted by molar-refractivity contribution is -0.118. The van der Waals surface area contributed by atoms with Gasteiger partial charge in [0.25, 0.3) is 0 Å². The molecule has 1 aromatic carbocycles. The Labute approximate surface area is 148 Å². The topological polar surface area (TPSA) is 38.8 Å². The van der Waals surface area contributed by atoms with E-state index in [1.165, 1.54) is 17.7 Å². The smallest absolute Gasteiger partial charge is 0.172 e. The molecule has 0 unspecified atom stereocenters. The van der Waals surface area contributed by atoms with Gasteiger partial charge in [-0.05, 0) is 25.7 Å². The van der Waals surface area contributed by atoms with Crippen molar-refractivity contribution in [1.82, 2.24) is 0 Å². The number of hydrogen-bond donors (Lipinski definition) is 0. The van der Waals surface area contributed by atoms with Crippen LogP contribution in [0.1, 0.15) is 56.2 Å². The van der Waals surface area contributed by atoms with E-state index >= 15 is 0 Å². The number of fused-ring (bicyclic) bond motifs is 4. The van der Waals surface area contributed by atoms with Crippen LogP contribution in [-0.4, -0.2) is 18.6 Å². The fourth-order valence-electron chi connectivity index (χ4n) is 4.98. The second kappa shape index (κ2) is 4.80. The van der Waals surface area contributed by atoms with E-state index in [2.05, 4.69) is 32.6 Å². The number of rotatable bonds is 0. The van der Waals surface area contributed by atoms with Crippen LogP contribution in [0.25, 0.3) is 0 Å². The predicted molar refractivity (Wildman–Crippen MR) is 96.3 cm³/mol. The Bertz CT molecular complexity index is 849. The Kier molecular flexibility index (Phi) is 2.94. The molecule has 0 amide bonds. The van der Waals surface area contributed by atoms with E-state index in [1.807, 2.05) is 0 Å². The van der Waals surface area contributed by atoms with Crippen molar-refractivity contribution in [2.24, 2.45) is 5.41 Å². The van der Waals surface area contributed by atoms with Crippen molar-refractivity contribution >= 4 is 11.5 Å². The van der Waals surface area contributed by atoms with Gasteiger partial charge in [0.05, 0.1) is 5.69 Å². The molecule has 0 radical (unpaired) electrons. The first kappa shape index (κ1) is 15.3. The fraction of sp³-hybridized carbons (Fsp3) is 0.571. The van der Waals surface area contributed by atoms with Crippen LogP contribution >= 0.6 is 0 Å². The number of hydrogen-bond acceptors (Lipinski definition) is 4. The van der Waals surface area contributed by atoms with Crippen molar-refractivity contribution in [3.05, 3.63) is 28.0 Å². The van der Waals surface area contributed by atoms with Gasteiger partial charge in [0.15, 0.2) is 12.0 Å². The Hall–Kier alpha value is -1.97. The zero-order valence-corrected chi connectivity index (χ0v) is 15.5. The lowest BCUT2D eigenvalue weighted by Gasteiger charge is -2.36. The summed E-state index contributed by atoms with van der Waals surface area (Å²) in [6.07, 6.45) is 4.58. The molecule has 1 saturated heterocycles. The van der Waals surface area contributed by atoms with Crippen molar-refractivity contribution in [3.63, 3.8) is 0 Å². The standard InChI is InChI=1S/C21H25NO3/c1-11-13-8-14-15(23)9-21(3,4)10-16(14)24-19(13)12(2)18-20(11)25-17-6-5-7-22(17)18/h17H,5-10H2,1-4H3/t17-/m1/s1. The second-order valence-electron chi connectivity index (χ2n) is 8.77. The summed E-state index contributed by atoms with van der Waals surface area (Å²) in [5.74, 6) is 3.12. The monoisotopic (exact) mass is 339 g/mol. The third-order valence-corrected chi connectivity index (χ3v) is 6.25. The molecule has 25 heavy (non-hydrogen) atoms. The van der Waals surface area contributed by atoms with Crippen molar-refractivity contribution in [2.75, 3.05) is 11.4 Å². The number of ketones is 1.